The molecule has 1 saturated heterocycles. The van der Waals surface area contributed by atoms with Crippen molar-refractivity contribution in [1.29, 1.82) is 0 Å². The number of amides is 3. The lowest BCUT2D eigenvalue weighted by atomic mass is 9.80. The molecule has 3 heterocycles. The molecule has 2 aromatic heterocycles. The Labute approximate surface area is 206 Å². The van der Waals surface area contributed by atoms with Gasteiger partial charge in [-0.2, -0.15) is 0 Å². The molecule has 1 atom stereocenters. The maximum absolute atomic E-state index is 13.3. The third kappa shape index (κ3) is 4.71. The summed E-state index contributed by atoms with van der Waals surface area (Å²) < 4.78 is 6.59. The lowest BCUT2D eigenvalue weighted by Crippen LogP contribution is -2.48. The third-order valence-electron chi connectivity index (χ3n) is 6.62. The predicted molar refractivity (Wildman–Crippen MR) is 135 cm³/mol. The summed E-state index contributed by atoms with van der Waals surface area (Å²) in [6, 6.07) is 9.37. The molecule has 10 heteroatoms. The predicted octanol–water partition coefficient (Wildman–Crippen LogP) is 2.77. The van der Waals surface area contributed by atoms with Gasteiger partial charge in [0, 0.05) is 40.2 Å². The maximum atomic E-state index is 13.3. The second kappa shape index (κ2) is 9.63. The van der Waals surface area contributed by atoms with Gasteiger partial charge in [0.25, 0.3) is 11.8 Å². The number of carbonyl (C=O) groups is 3. The summed E-state index contributed by atoms with van der Waals surface area (Å²) in [6.07, 6.45) is 2.59. The first-order chi connectivity index (χ1) is 16.9. The molecule has 1 unspecified atom stereocenters. The Balaban J connectivity index is 1.41. The molecule has 1 aliphatic carbocycles. The molecule has 182 valence electrons. The number of hydrogen-bond donors (Lipinski definition) is 3. The van der Waals surface area contributed by atoms with Crippen molar-refractivity contribution in [3.05, 3.63) is 53.0 Å². The number of fused-ring (bicyclic) bond motifs is 1. The largest absolute Gasteiger partial charge is 0.377 e. The Kier molecular flexibility index (Phi) is 6.40. The first-order valence-corrected chi connectivity index (χ1v) is 12.5. The number of pyridine rings is 1. The highest BCUT2D eigenvalue weighted by atomic mass is 32.1. The zero-order valence-electron chi connectivity index (χ0n) is 19.3. The average molecular weight is 494 g/mol. The van der Waals surface area contributed by atoms with Crippen molar-refractivity contribution in [2.75, 3.05) is 30.0 Å². The molecule has 9 nitrogen and oxygen atoms in total. The molecule has 1 aliphatic heterocycles. The van der Waals surface area contributed by atoms with E-state index in [0.717, 1.165) is 10.1 Å². The molecule has 4 N–H and O–H groups in total. The highest BCUT2D eigenvalue weighted by Crippen LogP contribution is 2.31. The van der Waals surface area contributed by atoms with Gasteiger partial charge in [-0.25, -0.2) is 4.98 Å². The van der Waals surface area contributed by atoms with E-state index in [2.05, 4.69) is 20.5 Å². The van der Waals surface area contributed by atoms with E-state index in [0.29, 0.717) is 55.2 Å². The Bertz CT molecular complexity index is 1290. The Morgan fingerprint density at radius 3 is 2.77 bits per heavy atom. The van der Waals surface area contributed by atoms with Gasteiger partial charge in [-0.05, 0) is 31.9 Å². The van der Waals surface area contributed by atoms with Crippen molar-refractivity contribution in [2.24, 2.45) is 11.7 Å². The van der Waals surface area contributed by atoms with E-state index >= 15 is 0 Å². The van der Waals surface area contributed by atoms with E-state index in [1.807, 2.05) is 36.6 Å². The van der Waals surface area contributed by atoms with Gasteiger partial charge >= 0.3 is 0 Å². The van der Waals surface area contributed by atoms with Crippen LogP contribution in [0.5, 0.6) is 0 Å². The fourth-order valence-electron chi connectivity index (χ4n) is 4.52. The normalized spacial score (nSPS) is 21.9. The van der Waals surface area contributed by atoms with E-state index in [9.17, 15) is 14.4 Å². The molecular weight excluding hydrogens is 466 g/mol. The van der Waals surface area contributed by atoms with Crippen LogP contribution in [0.1, 0.15) is 40.5 Å². The number of primary amides is 1. The maximum Gasteiger partial charge on any atom is 0.257 e. The highest BCUT2D eigenvalue weighted by molar-refractivity contribution is 7.17. The fraction of sp³-hybridized carbons (Fsp3) is 0.360. The number of benzene rings is 1. The van der Waals surface area contributed by atoms with Gasteiger partial charge in [-0.3, -0.25) is 14.4 Å². The summed E-state index contributed by atoms with van der Waals surface area (Å²) in [5.74, 6) is -0.496. The first-order valence-electron chi connectivity index (χ1n) is 11.6. The van der Waals surface area contributed by atoms with Crippen LogP contribution >= 0.6 is 11.3 Å². The lowest BCUT2D eigenvalue weighted by Gasteiger charge is -2.35. The topological polar surface area (TPSA) is 127 Å². The molecule has 0 spiro atoms. The number of hydrogen-bond acceptors (Lipinski definition) is 7. The number of ether oxygens (including phenoxy) is 1. The number of nitrogens with two attached hydrogens (primary N) is 1. The summed E-state index contributed by atoms with van der Waals surface area (Å²) in [6.45, 7) is 3.76. The second-order valence-electron chi connectivity index (χ2n) is 9.05. The molecule has 0 bridgehead atoms. The summed E-state index contributed by atoms with van der Waals surface area (Å²) in [5.41, 5.74) is 6.71. The summed E-state index contributed by atoms with van der Waals surface area (Å²) in [5, 5.41) is 8.65. The second-order valence-corrected chi connectivity index (χ2v) is 9.96. The number of rotatable bonds is 6. The van der Waals surface area contributed by atoms with Crippen molar-refractivity contribution in [1.82, 2.24) is 10.3 Å². The van der Waals surface area contributed by atoms with Gasteiger partial charge in [0.15, 0.2) is 5.82 Å². The molecule has 3 amide bonds. The van der Waals surface area contributed by atoms with Crippen LogP contribution in [0, 0.1) is 5.92 Å². The number of thiophene rings is 1. The fourth-order valence-corrected chi connectivity index (χ4v) is 5.47. The van der Waals surface area contributed by atoms with E-state index in [1.54, 1.807) is 6.07 Å². The monoisotopic (exact) mass is 493 g/mol. The van der Waals surface area contributed by atoms with Gasteiger partial charge < -0.3 is 26.0 Å². The third-order valence-corrected chi connectivity index (χ3v) is 7.58. The molecular formula is C25H27N5O4S. The van der Waals surface area contributed by atoms with E-state index < -0.39 is 0 Å². The molecule has 1 saturated carbocycles. The van der Waals surface area contributed by atoms with E-state index in [4.69, 9.17) is 10.5 Å². The standard InChI is InChI=1S/C25H27N5O4S/c1-14-12-34-7-6-30(14)23-20(29-25(33)19-13-35-21-5-3-2-4-18(19)21)10-16(11-27-23)24(32)28-17-8-15(9-17)22(26)31/h2-5,10-11,13-15,17H,6-9,12H2,1H3,(H2,26,31)(H,28,32)(H,29,33). The van der Waals surface area contributed by atoms with Crippen molar-refractivity contribution >= 4 is 50.6 Å². The average Bonchev–Trinajstić information content (AvgIpc) is 3.25. The van der Waals surface area contributed by atoms with Crippen molar-refractivity contribution in [3.63, 3.8) is 0 Å². The van der Waals surface area contributed by atoms with Crippen LogP contribution in [0.3, 0.4) is 0 Å². The van der Waals surface area contributed by atoms with Crippen LogP contribution in [-0.2, 0) is 9.53 Å². The minimum absolute atomic E-state index is 0.0641. The zero-order chi connectivity index (χ0) is 24.5. The summed E-state index contributed by atoms with van der Waals surface area (Å²) in [7, 11) is 0. The van der Waals surface area contributed by atoms with Gasteiger partial charge in [0.05, 0.1) is 36.1 Å². The number of aromatic nitrogens is 1. The number of nitrogens with zero attached hydrogens (tertiary/aromatic N) is 2. The molecule has 5 rings (SSSR count). The van der Waals surface area contributed by atoms with Gasteiger partial charge in [-0.1, -0.05) is 18.2 Å². The SMILES string of the molecule is CC1COCCN1c1ncc(C(=O)NC2CC(C(N)=O)C2)cc1NC(=O)c1csc2ccccc12. The Hall–Kier alpha value is -3.50. The Morgan fingerprint density at radius 1 is 1.20 bits per heavy atom. The van der Waals surface area contributed by atoms with Crippen LogP contribution in [0.15, 0.2) is 41.9 Å². The van der Waals surface area contributed by atoms with Crippen molar-refractivity contribution in [2.45, 2.75) is 31.8 Å². The minimum Gasteiger partial charge on any atom is -0.377 e. The van der Waals surface area contributed by atoms with Crippen molar-refractivity contribution < 1.29 is 19.1 Å². The number of anilines is 2. The van der Waals surface area contributed by atoms with Crippen LogP contribution in [0.4, 0.5) is 11.5 Å². The first kappa shape index (κ1) is 23.3. The van der Waals surface area contributed by atoms with Crippen LogP contribution in [-0.4, -0.2) is 54.5 Å². The van der Waals surface area contributed by atoms with Gasteiger partial charge in [-0.15, -0.1) is 11.3 Å². The molecule has 3 aromatic rings. The van der Waals surface area contributed by atoms with Crippen molar-refractivity contribution in [3.8, 4) is 0 Å². The number of carbonyl (C=O) groups excluding carboxylic acids is 3. The quantitative estimate of drug-likeness (QED) is 0.485. The highest BCUT2D eigenvalue weighted by Gasteiger charge is 2.34. The van der Waals surface area contributed by atoms with Gasteiger partial charge in [0.2, 0.25) is 5.91 Å². The lowest BCUT2D eigenvalue weighted by molar-refractivity contribution is -0.124. The number of nitrogens with one attached hydrogen (secondary N) is 2. The van der Waals surface area contributed by atoms with Crippen LogP contribution < -0.4 is 21.3 Å². The van der Waals surface area contributed by atoms with E-state index in [-0.39, 0.29) is 35.7 Å². The number of morpholine rings is 1. The molecule has 35 heavy (non-hydrogen) atoms. The van der Waals surface area contributed by atoms with Crippen LogP contribution in [0.25, 0.3) is 10.1 Å². The summed E-state index contributed by atoms with van der Waals surface area (Å²) in [4.78, 5) is 44.1. The van der Waals surface area contributed by atoms with Crippen LogP contribution in [0.2, 0.25) is 0 Å². The zero-order valence-corrected chi connectivity index (χ0v) is 20.1. The smallest absolute Gasteiger partial charge is 0.257 e. The molecule has 2 fully saturated rings. The van der Waals surface area contributed by atoms with E-state index in [1.165, 1.54) is 17.5 Å². The molecule has 1 aromatic carbocycles. The van der Waals surface area contributed by atoms with Gasteiger partial charge in [0.1, 0.15) is 0 Å². The molecule has 0 radical (unpaired) electrons. The minimum atomic E-state index is -0.341. The Morgan fingerprint density at radius 2 is 2.00 bits per heavy atom. The summed E-state index contributed by atoms with van der Waals surface area (Å²) >= 11 is 1.51. The molecule has 2 aliphatic rings.